The zero-order valence-electron chi connectivity index (χ0n) is 9.59. The zero-order valence-corrected chi connectivity index (χ0v) is 10.3. The van der Waals surface area contributed by atoms with Crippen LogP contribution in [0.1, 0.15) is 16.2 Å². The van der Waals surface area contributed by atoms with E-state index in [4.69, 9.17) is 16.7 Å². The van der Waals surface area contributed by atoms with Gasteiger partial charge in [0.15, 0.2) is 5.82 Å². The number of carboxylic acids is 1. The van der Waals surface area contributed by atoms with Crippen LogP contribution in [0.4, 0.5) is 5.69 Å². The monoisotopic (exact) mass is 266 g/mol. The summed E-state index contributed by atoms with van der Waals surface area (Å²) in [6.45, 7) is 0.335. The van der Waals surface area contributed by atoms with E-state index in [1.165, 1.54) is 12.1 Å². The second-order valence-corrected chi connectivity index (χ2v) is 4.12. The Labute approximate surface area is 108 Å². The van der Waals surface area contributed by atoms with Gasteiger partial charge in [0.2, 0.25) is 0 Å². The molecule has 0 saturated carbocycles. The molecule has 6 nitrogen and oxygen atoms in total. The van der Waals surface area contributed by atoms with E-state index in [1.807, 2.05) is 0 Å². The molecule has 0 spiro atoms. The van der Waals surface area contributed by atoms with Crippen LogP contribution in [-0.2, 0) is 13.6 Å². The summed E-state index contributed by atoms with van der Waals surface area (Å²) in [7, 11) is 1.76. The average molecular weight is 267 g/mol. The van der Waals surface area contributed by atoms with Crippen LogP contribution in [0.5, 0.6) is 0 Å². The van der Waals surface area contributed by atoms with Gasteiger partial charge in [0, 0.05) is 12.1 Å². The molecule has 1 aromatic heterocycles. The molecule has 0 saturated heterocycles. The Hall–Kier alpha value is -2.08. The zero-order chi connectivity index (χ0) is 13.1. The molecule has 2 rings (SSSR count). The molecular formula is C11H11ClN4O2. The van der Waals surface area contributed by atoms with E-state index in [2.05, 4.69) is 15.4 Å². The van der Waals surface area contributed by atoms with Crippen LogP contribution in [0.25, 0.3) is 0 Å². The van der Waals surface area contributed by atoms with Gasteiger partial charge in [0.1, 0.15) is 6.33 Å². The highest BCUT2D eigenvalue weighted by atomic mass is 35.5. The minimum Gasteiger partial charge on any atom is -0.478 e. The van der Waals surface area contributed by atoms with Crippen molar-refractivity contribution in [3.8, 4) is 0 Å². The van der Waals surface area contributed by atoms with Gasteiger partial charge >= 0.3 is 5.97 Å². The fourth-order valence-corrected chi connectivity index (χ4v) is 1.66. The summed E-state index contributed by atoms with van der Waals surface area (Å²) in [5.41, 5.74) is 0.609. The lowest BCUT2D eigenvalue weighted by atomic mass is 10.2. The maximum absolute atomic E-state index is 11.0. The van der Waals surface area contributed by atoms with Gasteiger partial charge in [-0.1, -0.05) is 11.6 Å². The largest absolute Gasteiger partial charge is 0.478 e. The molecule has 94 valence electrons. The Bertz CT molecular complexity index is 582. The van der Waals surface area contributed by atoms with Gasteiger partial charge in [0.05, 0.1) is 17.8 Å². The van der Waals surface area contributed by atoms with Gasteiger partial charge in [-0.3, -0.25) is 4.68 Å². The van der Waals surface area contributed by atoms with E-state index in [0.717, 1.165) is 0 Å². The highest BCUT2D eigenvalue weighted by Gasteiger charge is 2.10. The molecule has 0 aliphatic carbocycles. The van der Waals surface area contributed by atoms with Crippen LogP contribution < -0.4 is 5.32 Å². The van der Waals surface area contributed by atoms with E-state index < -0.39 is 5.97 Å². The van der Waals surface area contributed by atoms with E-state index in [0.29, 0.717) is 23.1 Å². The second kappa shape index (κ2) is 5.05. The van der Waals surface area contributed by atoms with Crippen molar-refractivity contribution in [3.63, 3.8) is 0 Å². The summed E-state index contributed by atoms with van der Waals surface area (Å²) in [6.07, 6.45) is 1.58. The Morgan fingerprint density at radius 2 is 2.33 bits per heavy atom. The Morgan fingerprint density at radius 1 is 1.56 bits per heavy atom. The van der Waals surface area contributed by atoms with E-state index in [-0.39, 0.29) is 5.56 Å². The number of aromatic carboxylic acids is 1. The third-order valence-corrected chi connectivity index (χ3v) is 2.53. The lowest BCUT2D eigenvalue weighted by molar-refractivity contribution is 0.0698. The number of benzene rings is 1. The smallest absolute Gasteiger partial charge is 0.337 e. The number of anilines is 1. The van der Waals surface area contributed by atoms with Crippen molar-refractivity contribution >= 4 is 23.3 Å². The number of rotatable bonds is 4. The fraction of sp³-hybridized carbons (Fsp3) is 0.182. The van der Waals surface area contributed by atoms with Gasteiger partial charge in [-0.2, -0.15) is 5.10 Å². The van der Waals surface area contributed by atoms with Crippen LogP contribution in [0, 0.1) is 0 Å². The van der Waals surface area contributed by atoms with E-state index in [9.17, 15) is 4.79 Å². The molecule has 0 amide bonds. The summed E-state index contributed by atoms with van der Waals surface area (Å²) in [4.78, 5) is 15.1. The van der Waals surface area contributed by atoms with Crippen LogP contribution in [0.15, 0.2) is 24.5 Å². The average Bonchev–Trinajstić information content (AvgIpc) is 2.72. The van der Waals surface area contributed by atoms with Crippen molar-refractivity contribution in [2.75, 3.05) is 5.32 Å². The van der Waals surface area contributed by atoms with Crippen molar-refractivity contribution in [2.45, 2.75) is 6.54 Å². The quantitative estimate of drug-likeness (QED) is 0.882. The number of nitrogens with zero attached hydrogens (tertiary/aromatic N) is 3. The number of carboxylic acid groups (broad SMARTS) is 1. The van der Waals surface area contributed by atoms with Crippen molar-refractivity contribution in [1.29, 1.82) is 0 Å². The first-order valence-corrected chi connectivity index (χ1v) is 5.55. The molecule has 0 fully saturated rings. The summed E-state index contributed by atoms with van der Waals surface area (Å²) in [5.74, 6) is -0.433. The highest BCUT2D eigenvalue weighted by molar-refractivity contribution is 6.31. The lowest BCUT2D eigenvalue weighted by Crippen LogP contribution is -2.07. The number of hydrogen-bond acceptors (Lipinski definition) is 4. The fourth-order valence-electron chi connectivity index (χ4n) is 1.49. The van der Waals surface area contributed by atoms with Crippen LogP contribution in [0.2, 0.25) is 5.02 Å². The summed E-state index contributed by atoms with van der Waals surface area (Å²) in [6, 6.07) is 4.56. The number of hydrogen-bond donors (Lipinski definition) is 2. The molecule has 0 radical (unpaired) electrons. The molecule has 0 aliphatic heterocycles. The molecule has 0 aliphatic rings. The third-order valence-electron chi connectivity index (χ3n) is 2.30. The molecule has 1 heterocycles. The molecule has 0 bridgehead atoms. The van der Waals surface area contributed by atoms with Crippen LogP contribution in [-0.4, -0.2) is 25.8 Å². The summed E-state index contributed by atoms with van der Waals surface area (Å²) < 4.78 is 1.58. The molecule has 0 atom stereocenters. The van der Waals surface area contributed by atoms with Gasteiger partial charge in [-0.25, -0.2) is 9.78 Å². The predicted molar refractivity (Wildman–Crippen MR) is 66.7 cm³/mol. The first-order valence-electron chi connectivity index (χ1n) is 5.17. The summed E-state index contributed by atoms with van der Waals surface area (Å²) in [5, 5.41) is 16.6. The van der Waals surface area contributed by atoms with Gasteiger partial charge in [-0.05, 0) is 18.2 Å². The van der Waals surface area contributed by atoms with Crippen molar-refractivity contribution in [2.24, 2.45) is 7.05 Å². The topological polar surface area (TPSA) is 80.0 Å². The van der Waals surface area contributed by atoms with Crippen LogP contribution in [0.3, 0.4) is 0 Å². The Balaban J connectivity index is 2.17. The molecule has 18 heavy (non-hydrogen) atoms. The number of aryl methyl sites for hydroxylation is 1. The first kappa shape index (κ1) is 12.4. The number of aromatic nitrogens is 3. The number of halogens is 1. The maximum atomic E-state index is 11.0. The van der Waals surface area contributed by atoms with Crippen molar-refractivity contribution < 1.29 is 9.90 Å². The minimum absolute atomic E-state index is 0.162. The lowest BCUT2D eigenvalue weighted by Gasteiger charge is -2.08. The first-order chi connectivity index (χ1) is 8.56. The van der Waals surface area contributed by atoms with E-state index >= 15 is 0 Å². The van der Waals surface area contributed by atoms with Crippen molar-refractivity contribution in [3.05, 3.63) is 40.9 Å². The minimum atomic E-state index is -1.01. The molecule has 0 unspecified atom stereocenters. The summed E-state index contributed by atoms with van der Waals surface area (Å²) >= 11 is 5.84. The third kappa shape index (κ3) is 2.78. The number of nitrogens with one attached hydrogen (secondary N) is 1. The Kier molecular flexibility index (Phi) is 3.47. The molecule has 1 aromatic carbocycles. The molecular weight excluding hydrogens is 256 g/mol. The van der Waals surface area contributed by atoms with Crippen molar-refractivity contribution in [1.82, 2.24) is 14.8 Å². The van der Waals surface area contributed by atoms with Gasteiger partial charge in [0.25, 0.3) is 0 Å². The molecule has 7 heteroatoms. The normalized spacial score (nSPS) is 10.3. The SMILES string of the molecule is Cn1cnc(CNc2cc(Cl)ccc2C(=O)O)n1. The second-order valence-electron chi connectivity index (χ2n) is 3.68. The highest BCUT2D eigenvalue weighted by Crippen LogP contribution is 2.21. The van der Waals surface area contributed by atoms with Gasteiger partial charge in [-0.15, -0.1) is 0 Å². The molecule has 2 aromatic rings. The predicted octanol–water partition coefficient (Wildman–Crippen LogP) is 1.78. The van der Waals surface area contributed by atoms with E-state index in [1.54, 1.807) is 24.1 Å². The maximum Gasteiger partial charge on any atom is 0.337 e. The van der Waals surface area contributed by atoms with Crippen LogP contribution >= 0.6 is 11.6 Å². The van der Waals surface area contributed by atoms with Gasteiger partial charge < -0.3 is 10.4 Å². The standard InChI is InChI=1S/C11H11ClN4O2/c1-16-6-14-10(15-16)5-13-9-4-7(12)2-3-8(9)11(17)18/h2-4,6,13H,5H2,1H3,(H,17,18). The molecule has 2 N–H and O–H groups in total. The Morgan fingerprint density at radius 3 is 2.94 bits per heavy atom. The number of carbonyl (C=O) groups is 1.